The first-order chi connectivity index (χ1) is 17.6. The van der Waals surface area contributed by atoms with Gasteiger partial charge in [0, 0.05) is 30.0 Å². The van der Waals surface area contributed by atoms with Gasteiger partial charge < -0.3 is 15.0 Å². The van der Waals surface area contributed by atoms with Gasteiger partial charge in [0.25, 0.3) is 0 Å². The maximum Gasteiger partial charge on any atom is 0.336 e. The number of carboxylic acid groups (broad SMARTS) is 2. The monoisotopic (exact) mass is 594 g/mol. The maximum atomic E-state index is 10.4. The molecule has 0 saturated heterocycles. The van der Waals surface area contributed by atoms with Gasteiger partial charge in [0.15, 0.2) is 0 Å². The van der Waals surface area contributed by atoms with Gasteiger partial charge in [-0.2, -0.15) is 0 Å². The van der Waals surface area contributed by atoms with Crippen LogP contribution in [0.4, 0.5) is 0 Å². The van der Waals surface area contributed by atoms with Crippen LogP contribution in [0.3, 0.4) is 0 Å². The number of hydrogen-bond acceptors (Lipinski definition) is 3. The van der Waals surface area contributed by atoms with Crippen molar-refractivity contribution in [1.29, 1.82) is 0 Å². The van der Waals surface area contributed by atoms with Crippen molar-refractivity contribution in [2.24, 2.45) is 0 Å². The fraction of sp³-hybridized carbons (Fsp3) is 0. The second-order valence-electron chi connectivity index (χ2n) is 6.45. The molecular formula is C32H25O4Sb-. The summed E-state index contributed by atoms with van der Waals surface area (Å²) in [6, 6.07) is 55.3. The summed E-state index contributed by atoms with van der Waals surface area (Å²) in [6.07, 6.45) is 0. The van der Waals surface area contributed by atoms with Crippen molar-refractivity contribution in [1.82, 2.24) is 0 Å². The van der Waals surface area contributed by atoms with E-state index < -0.39 is 11.9 Å². The Labute approximate surface area is 236 Å². The minimum Gasteiger partial charge on any atom is -0.545 e. The van der Waals surface area contributed by atoms with Crippen molar-refractivity contribution < 1.29 is 19.8 Å². The Morgan fingerprint density at radius 1 is 0.486 bits per heavy atom. The third-order valence-electron chi connectivity index (χ3n) is 3.81. The molecule has 7 radical (unpaired) electrons. The van der Waals surface area contributed by atoms with Crippen LogP contribution in [0.5, 0.6) is 0 Å². The van der Waals surface area contributed by atoms with Gasteiger partial charge in [0.2, 0.25) is 0 Å². The molecule has 37 heavy (non-hydrogen) atoms. The molecular weight excluding hydrogens is 570 g/mol. The fourth-order valence-corrected chi connectivity index (χ4v) is 2.22. The molecule has 0 unspecified atom stereocenters. The maximum absolute atomic E-state index is 10.4. The molecule has 4 nitrogen and oxygen atoms in total. The number of carbonyl (C=O) groups is 2. The minimum absolute atomic E-state index is 0. The molecule has 0 aliphatic rings. The topological polar surface area (TPSA) is 77.4 Å². The van der Waals surface area contributed by atoms with Crippen LogP contribution in [-0.4, -0.2) is 41.5 Å². The van der Waals surface area contributed by atoms with Gasteiger partial charge in [0.05, 0.1) is 11.5 Å². The van der Waals surface area contributed by atoms with E-state index in [0.717, 1.165) is 0 Å². The van der Waals surface area contributed by atoms with E-state index in [1.165, 1.54) is 24.3 Å². The van der Waals surface area contributed by atoms with Gasteiger partial charge >= 0.3 is 5.97 Å². The van der Waals surface area contributed by atoms with Gasteiger partial charge in [-0.25, -0.2) is 4.79 Å². The molecule has 183 valence electrons. The summed E-state index contributed by atoms with van der Waals surface area (Å²) in [5, 5.41) is 18.9. The van der Waals surface area contributed by atoms with Gasteiger partial charge in [-0.3, -0.25) is 0 Å². The summed E-state index contributed by atoms with van der Waals surface area (Å²) >= 11 is 0. The summed E-state index contributed by atoms with van der Waals surface area (Å²) in [6.45, 7) is 0. The number of rotatable bonds is 2. The van der Waals surface area contributed by atoms with Crippen molar-refractivity contribution in [3.63, 3.8) is 0 Å². The van der Waals surface area contributed by atoms with Crippen LogP contribution in [0.15, 0.2) is 146 Å². The molecule has 5 aromatic carbocycles. The normalized spacial score (nSPS) is 8.22. The molecule has 0 bridgehead atoms. The Morgan fingerprint density at radius 3 is 0.892 bits per heavy atom. The summed E-state index contributed by atoms with van der Waals surface area (Å²) in [7, 11) is 0. The van der Waals surface area contributed by atoms with Gasteiger partial charge in [0.1, 0.15) is 0 Å². The smallest absolute Gasteiger partial charge is 0.336 e. The minimum atomic E-state index is -1.48. The molecule has 0 aliphatic heterocycles. The van der Waals surface area contributed by atoms with Crippen LogP contribution in [0.1, 0.15) is 20.7 Å². The number of aromatic carboxylic acids is 2. The van der Waals surface area contributed by atoms with Crippen LogP contribution in [0, 0.1) is 24.3 Å². The molecule has 0 amide bonds. The zero-order chi connectivity index (χ0) is 26.1. The standard InChI is InChI=1S/C8H6O4.4C6H5.Sb/c9-7(10)5-3-1-2-4-6(5)8(11)12;4*1-2-4-6-5-3-1;/h1-4H,(H,9,10)(H,11,12);4*1-5H;/p-1. The van der Waals surface area contributed by atoms with E-state index in [2.05, 4.69) is 24.3 Å². The third kappa shape index (κ3) is 18.8. The first kappa shape index (κ1) is 32.9. The molecule has 0 aliphatic carbocycles. The Hall–Kier alpha value is -4.14. The predicted octanol–water partition coefficient (Wildman–Crippen LogP) is 5.31. The molecule has 0 saturated carbocycles. The second kappa shape index (κ2) is 23.6. The van der Waals surface area contributed by atoms with Gasteiger partial charge in [-0.05, 0) is 30.3 Å². The SMILES string of the molecule is O=C([O-])c1ccccc1C(=O)O.[Sb].[c]1ccccc1.[c]1ccccc1.[c]1ccccc1.[c]1ccccc1. The van der Waals surface area contributed by atoms with Crippen LogP contribution in [0.25, 0.3) is 0 Å². The van der Waals surface area contributed by atoms with E-state index in [4.69, 9.17) is 5.11 Å². The van der Waals surface area contributed by atoms with Crippen LogP contribution in [0.2, 0.25) is 0 Å². The predicted molar refractivity (Wildman–Crippen MR) is 145 cm³/mol. The van der Waals surface area contributed by atoms with Crippen LogP contribution in [-0.2, 0) is 0 Å². The van der Waals surface area contributed by atoms with Crippen molar-refractivity contribution in [3.05, 3.63) is 181 Å². The Bertz CT molecular complexity index is 905. The first-order valence-electron chi connectivity index (χ1n) is 10.8. The molecule has 1 N–H and O–H groups in total. The quantitative estimate of drug-likeness (QED) is 0.281. The van der Waals surface area contributed by atoms with Crippen LogP contribution < -0.4 is 5.11 Å². The third-order valence-corrected chi connectivity index (χ3v) is 3.81. The molecule has 0 heterocycles. The summed E-state index contributed by atoms with van der Waals surface area (Å²) < 4.78 is 0. The van der Waals surface area contributed by atoms with E-state index in [1.54, 1.807) is 0 Å². The molecule has 5 heteroatoms. The molecule has 5 rings (SSSR count). The van der Waals surface area contributed by atoms with E-state index >= 15 is 0 Å². The molecule has 0 aromatic heterocycles. The number of carbonyl (C=O) groups excluding carboxylic acids is 1. The molecule has 0 fully saturated rings. The zero-order valence-corrected chi connectivity index (χ0v) is 22.5. The number of carboxylic acids is 2. The average Bonchev–Trinajstić information content (AvgIpc) is 2.98. The van der Waals surface area contributed by atoms with Crippen molar-refractivity contribution >= 4 is 36.4 Å². The molecule has 0 atom stereocenters. The average molecular weight is 595 g/mol. The summed E-state index contributed by atoms with van der Waals surface area (Å²) in [5.74, 6) is -2.75. The largest absolute Gasteiger partial charge is 0.545 e. The Kier molecular flexibility index (Phi) is 21.0. The summed E-state index contributed by atoms with van der Waals surface area (Å²) in [4.78, 5) is 20.8. The van der Waals surface area contributed by atoms with Crippen molar-refractivity contribution in [2.75, 3.05) is 0 Å². The first-order valence-corrected chi connectivity index (χ1v) is 10.8. The fourth-order valence-electron chi connectivity index (χ4n) is 2.22. The van der Waals surface area contributed by atoms with Gasteiger partial charge in [-0.1, -0.05) is 140 Å². The Morgan fingerprint density at radius 2 is 0.757 bits per heavy atom. The van der Waals surface area contributed by atoms with E-state index in [1.807, 2.05) is 121 Å². The molecule has 5 aromatic rings. The second-order valence-corrected chi connectivity index (χ2v) is 6.45. The van der Waals surface area contributed by atoms with E-state index in [-0.39, 0.29) is 35.6 Å². The number of benzene rings is 5. The summed E-state index contributed by atoms with van der Waals surface area (Å²) in [5.41, 5.74) is -0.553. The van der Waals surface area contributed by atoms with Crippen molar-refractivity contribution in [3.8, 4) is 0 Å². The van der Waals surface area contributed by atoms with Crippen molar-refractivity contribution in [2.45, 2.75) is 0 Å². The number of hydrogen-bond donors (Lipinski definition) is 1. The van der Waals surface area contributed by atoms with E-state index in [9.17, 15) is 14.7 Å². The van der Waals surface area contributed by atoms with Gasteiger partial charge in [-0.15, -0.1) is 0 Å². The van der Waals surface area contributed by atoms with E-state index in [0.29, 0.717) is 0 Å². The Balaban J connectivity index is 0.000000452. The van der Waals surface area contributed by atoms with Crippen LogP contribution >= 0.6 is 0 Å². The molecule has 0 spiro atoms. The zero-order valence-electron chi connectivity index (χ0n) is 20.0.